The van der Waals surface area contributed by atoms with Crippen LogP contribution in [0.15, 0.2) is 18.2 Å². The number of hydrogen-bond donors (Lipinski definition) is 3. The molecule has 1 fully saturated rings. The first-order valence-corrected chi connectivity index (χ1v) is 9.71. The van der Waals surface area contributed by atoms with Gasteiger partial charge in [0.2, 0.25) is 11.8 Å². The Labute approximate surface area is 173 Å². The fourth-order valence-electron chi connectivity index (χ4n) is 4.15. The molecule has 0 unspecified atom stereocenters. The molecule has 1 aromatic rings. The summed E-state index contributed by atoms with van der Waals surface area (Å²) in [6.45, 7) is 3.73. The summed E-state index contributed by atoms with van der Waals surface area (Å²) in [6.07, 6.45) is 1.66. The third kappa shape index (κ3) is 4.35. The lowest BCUT2D eigenvalue weighted by Crippen LogP contribution is -2.61. The zero-order chi connectivity index (χ0) is 22.1. The van der Waals surface area contributed by atoms with Gasteiger partial charge in [0.15, 0.2) is 0 Å². The van der Waals surface area contributed by atoms with Crippen molar-refractivity contribution in [3.8, 4) is 6.07 Å². The Kier molecular flexibility index (Phi) is 6.19. The van der Waals surface area contributed by atoms with E-state index in [9.17, 15) is 23.6 Å². The van der Waals surface area contributed by atoms with Crippen LogP contribution in [0.5, 0.6) is 0 Å². The summed E-state index contributed by atoms with van der Waals surface area (Å²) in [4.78, 5) is 26.3. The molecule has 0 aliphatic carbocycles. The second kappa shape index (κ2) is 8.50. The number of aryl methyl sites for hydroxylation is 2. The van der Waals surface area contributed by atoms with Crippen molar-refractivity contribution in [1.29, 1.82) is 5.26 Å². The fourth-order valence-corrected chi connectivity index (χ4v) is 4.15. The third-order valence-electron chi connectivity index (χ3n) is 5.75. The van der Waals surface area contributed by atoms with Crippen LogP contribution in [0.2, 0.25) is 0 Å². The fraction of sp³-hybridized carbons (Fsp3) is 0.476. The lowest BCUT2D eigenvalue weighted by molar-refractivity contribution is -0.150. The molecule has 1 saturated heterocycles. The summed E-state index contributed by atoms with van der Waals surface area (Å²) in [7, 11) is 0. The average Bonchev–Trinajstić information content (AvgIpc) is 2.72. The van der Waals surface area contributed by atoms with Crippen molar-refractivity contribution in [3.05, 3.63) is 40.5 Å². The number of halogens is 2. The van der Waals surface area contributed by atoms with Crippen LogP contribution in [0, 0.1) is 31.1 Å². The van der Waals surface area contributed by atoms with E-state index in [2.05, 4.69) is 11.4 Å². The number of nitrogens with zero attached hydrogens (tertiary/aromatic N) is 2. The zero-order valence-electron chi connectivity index (χ0n) is 16.8. The largest absolute Gasteiger partial charge is 0.337 e. The first kappa shape index (κ1) is 21.9. The van der Waals surface area contributed by atoms with E-state index in [1.165, 1.54) is 10.4 Å². The molecule has 9 heteroatoms. The first-order chi connectivity index (χ1) is 14.2. The zero-order valence-corrected chi connectivity index (χ0v) is 16.8. The van der Waals surface area contributed by atoms with Crippen molar-refractivity contribution in [3.63, 3.8) is 0 Å². The summed E-state index contributed by atoms with van der Waals surface area (Å²) >= 11 is 0. The molecule has 0 saturated carbocycles. The molecular formula is C21H24F2N4O3. The van der Waals surface area contributed by atoms with Crippen LogP contribution in [0.3, 0.4) is 0 Å². The monoisotopic (exact) mass is 418 g/mol. The predicted molar refractivity (Wildman–Crippen MR) is 105 cm³/mol. The summed E-state index contributed by atoms with van der Waals surface area (Å²) in [6, 6.07) is 4.96. The third-order valence-corrected chi connectivity index (χ3v) is 5.75. The van der Waals surface area contributed by atoms with Gasteiger partial charge in [0, 0.05) is 19.5 Å². The smallest absolute Gasteiger partial charge is 0.261 e. The minimum Gasteiger partial charge on any atom is -0.337 e. The van der Waals surface area contributed by atoms with E-state index in [1.54, 1.807) is 0 Å². The molecule has 1 aromatic carbocycles. The lowest BCUT2D eigenvalue weighted by Gasteiger charge is -2.38. The number of alkyl halides is 2. The minimum absolute atomic E-state index is 0.286. The van der Waals surface area contributed by atoms with E-state index < -0.39 is 42.7 Å². The van der Waals surface area contributed by atoms with Crippen molar-refractivity contribution in [2.45, 2.75) is 38.7 Å². The van der Waals surface area contributed by atoms with Crippen molar-refractivity contribution < 1.29 is 23.6 Å². The van der Waals surface area contributed by atoms with E-state index in [0.29, 0.717) is 18.5 Å². The summed E-state index contributed by atoms with van der Waals surface area (Å²) in [5.41, 5.74) is 5.85. The molecule has 2 amide bonds. The summed E-state index contributed by atoms with van der Waals surface area (Å²) in [5, 5.41) is 20.6. The van der Waals surface area contributed by atoms with Gasteiger partial charge in [-0.25, -0.2) is 14.3 Å². The number of rotatable bonds is 3. The summed E-state index contributed by atoms with van der Waals surface area (Å²) < 4.78 is 27.4. The molecule has 3 N–H and O–H groups in total. The van der Waals surface area contributed by atoms with Crippen LogP contribution in [0.1, 0.15) is 35.1 Å². The number of piperidine rings is 1. The molecule has 2 aliphatic rings. The molecule has 2 aliphatic heterocycles. The van der Waals surface area contributed by atoms with Crippen molar-refractivity contribution in [2.24, 2.45) is 5.92 Å². The quantitative estimate of drug-likeness (QED) is 0.514. The molecule has 0 radical (unpaired) electrons. The van der Waals surface area contributed by atoms with Crippen LogP contribution in [-0.4, -0.2) is 53.5 Å². The van der Waals surface area contributed by atoms with Gasteiger partial charge >= 0.3 is 0 Å². The number of hydrogen-bond acceptors (Lipinski definition) is 5. The van der Waals surface area contributed by atoms with Crippen LogP contribution in [0.25, 0.3) is 5.57 Å². The highest BCUT2D eigenvalue weighted by Gasteiger charge is 2.48. The van der Waals surface area contributed by atoms with Gasteiger partial charge in [-0.3, -0.25) is 20.1 Å². The maximum Gasteiger partial charge on any atom is 0.261 e. The SMILES string of the molecule is Cc1cc(C2=CCN(C(=O)[C@H]3NCC(F)(F)C[C@@H]3C(=O)NO)CC2)cc(C)c1C#N. The van der Waals surface area contributed by atoms with Crippen LogP contribution < -0.4 is 10.8 Å². The van der Waals surface area contributed by atoms with E-state index in [-0.39, 0.29) is 6.54 Å². The van der Waals surface area contributed by atoms with Gasteiger partial charge in [0.25, 0.3) is 5.92 Å². The Morgan fingerprint density at radius 1 is 1.33 bits per heavy atom. The number of amides is 2. The van der Waals surface area contributed by atoms with E-state index >= 15 is 0 Å². The van der Waals surface area contributed by atoms with E-state index in [0.717, 1.165) is 22.3 Å². The number of benzene rings is 1. The van der Waals surface area contributed by atoms with Gasteiger partial charge in [0.05, 0.1) is 30.1 Å². The molecule has 30 heavy (non-hydrogen) atoms. The maximum absolute atomic E-state index is 13.7. The Morgan fingerprint density at radius 2 is 2.00 bits per heavy atom. The van der Waals surface area contributed by atoms with Gasteiger partial charge in [-0.05, 0) is 42.5 Å². The second-order valence-electron chi connectivity index (χ2n) is 7.86. The van der Waals surface area contributed by atoms with Crippen molar-refractivity contribution in [1.82, 2.24) is 15.7 Å². The molecule has 0 bridgehead atoms. The molecule has 2 heterocycles. The van der Waals surface area contributed by atoms with Gasteiger partial charge in [0.1, 0.15) is 0 Å². The molecule has 0 aromatic heterocycles. The highest BCUT2D eigenvalue weighted by molar-refractivity contribution is 5.90. The standard InChI is InChI=1S/C21H24F2N4O3/c1-12-7-15(8-13(2)17(12)10-24)14-3-5-27(6-4-14)20(29)18-16(19(28)26-30)9-21(22,23)11-25-18/h3,7-8,16,18,25,30H,4-6,9,11H2,1-2H3,(H,26,28)/t16-,18-/m0/s1. The van der Waals surface area contributed by atoms with Gasteiger partial charge in [-0.15, -0.1) is 0 Å². The Hall–Kier alpha value is -2.83. The van der Waals surface area contributed by atoms with Crippen LogP contribution in [-0.2, 0) is 9.59 Å². The second-order valence-corrected chi connectivity index (χ2v) is 7.86. The number of nitrogens with one attached hydrogen (secondary N) is 2. The van der Waals surface area contributed by atoms with Gasteiger partial charge in [-0.1, -0.05) is 18.2 Å². The topological polar surface area (TPSA) is 105 Å². The molecule has 0 spiro atoms. The van der Waals surface area contributed by atoms with Crippen LogP contribution in [0.4, 0.5) is 8.78 Å². The molecule has 160 valence electrons. The summed E-state index contributed by atoms with van der Waals surface area (Å²) in [5.74, 6) is -5.94. The average molecular weight is 418 g/mol. The van der Waals surface area contributed by atoms with Gasteiger partial charge < -0.3 is 4.90 Å². The first-order valence-electron chi connectivity index (χ1n) is 9.71. The minimum atomic E-state index is -3.13. The van der Waals surface area contributed by atoms with Crippen molar-refractivity contribution >= 4 is 17.4 Å². The lowest BCUT2D eigenvalue weighted by atomic mass is 9.86. The Morgan fingerprint density at radius 3 is 2.53 bits per heavy atom. The highest BCUT2D eigenvalue weighted by atomic mass is 19.3. The van der Waals surface area contributed by atoms with Crippen LogP contribution >= 0.6 is 0 Å². The number of nitriles is 1. The maximum atomic E-state index is 13.7. The van der Waals surface area contributed by atoms with E-state index in [4.69, 9.17) is 5.21 Å². The van der Waals surface area contributed by atoms with Crippen molar-refractivity contribution in [2.75, 3.05) is 19.6 Å². The number of carbonyl (C=O) groups is 2. The normalized spacial score (nSPS) is 23.3. The highest BCUT2D eigenvalue weighted by Crippen LogP contribution is 2.31. The predicted octanol–water partition coefficient (Wildman–Crippen LogP) is 1.91. The molecule has 7 nitrogen and oxygen atoms in total. The molecule has 3 rings (SSSR count). The number of carbonyl (C=O) groups excluding carboxylic acids is 2. The molecular weight excluding hydrogens is 394 g/mol. The Balaban J connectivity index is 1.75. The van der Waals surface area contributed by atoms with Gasteiger partial charge in [-0.2, -0.15) is 5.26 Å². The van der Waals surface area contributed by atoms with E-state index in [1.807, 2.05) is 32.1 Å². The Bertz CT molecular complexity index is 916. The molecule has 2 atom stereocenters. The number of hydroxylamine groups is 1.